The number of nitrogens with two attached hydrogens (primary N) is 1. The minimum atomic E-state index is -0.502. The zero-order valence-electron chi connectivity index (χ0n) is 10.5. The zero-order chi connectivity index (χ0) is 12.9. The summed E-state index contributed by atoms with van der Waals surface area (Å²) < 4.78 is 0. The Balaban J connectivity index is 2.71. The van der Waals surface area contributed by atoms with Gasteiger partial charge in [0.1, 0.15) is 0 Å². The molecule has 0 aliphatic heterocycles. The van der Waals surface area contributed by atoms with Crippen molar-refractivity contribution < 1.29 is 4.79 Å². The molecule has 0 aromatic carbocycles. The third kappa shape index (κ3) is 2.79. The number of hydrogen-bond donors (Lipinski definition) is 3. The number of H-pyrrole nitrogens is 1. The number of rotatable bonds is 6. The first-order chi connectivity index (χ1) is 8.09. The lowest BCUT2D eigenvalue weighted by Crippen LogP contribution is -2.46. The number of carbonyl (C=O) groups excluding carboxylic acids is 1. The average Bonchev–Trinajstić information content (AvgIpc) is 2.85. The smallest absolute Gasteiger partial charge is 0.228 e. The third-order valence-corrected chi connectivity index (χ3v) is 3.32. The third-order valence-electron chi connectivity index (χ3n) is 3.32. The molecule has 7 nitrogen and oxygen atoms in total. The quantitative estimate of drug-likeness (QED) is 0.655. The van der Waals surface area contributed by atoms with Gasteiger partial charge in [-0.25, -0.2) is 0 Å². The van der Waals surface area contributed by atoms with Gasteiger partial charge in [-0.1, -0.05) is 19.1 Å². The topological polar surface area (TPSA) is 110 Å². The minimum absolute atomic E-state index is 0.0534. The largest absolute Gasteiger partial charge is 0.346 e. The second-order valence-electron chi connectivity index (χ2n) is 4.16. The first-order valence-electron chi connectivity index (χ1n) is 5.84. The van der Waals surface area contributed by atoms with Gasteiger partial charge in [-0.05, 0) is 19.8 Å². The molecule has 1 unspecified atom stereocenters. The van der Waals surface area contributed by atoms with Gasteiger partial charge in [0.25, 0.3) is 0 Å². The van der Waals surface area contributed by atoms with Crippen molar-refractivity contribution in [2.45, 2.75) is 39.7 Å². The average molecular weight is 240 g/mol. The molecular formula is C10H20N6O. The summed E-state index contributed by atoms with van der Waals surface area (Å²) >= 11 is 0. The van der Waals surface area contributed by atoms with Gasteiger partial charge >= 0.3 is 0 Å². The highest BCUT2D eigenvalue weighted by Gasteiger charge is 2.34. The Morgan fingerprint density at radius 1 is 1.53 bits per heavy atom. The molecule has 0 fully saturated rings. The van der Waals surface area contributed by atoms with E-state index in [1.54, 1.807) is 0 Å². The van der Waals surface area contributed by atoms with E-state index in [0.29, 0.717) is 25.2 Å². The SMILES string of the molecule is CCC(CC)(CN)C(=O)NC(C)c1nn[nH]n1. The molecule has 0 saturated carbocycles. The van der Waals surface area contributed by atoms with Gasteiger partial charge in [0.2, 0.25) is 5.91 Å². The molecule has 0 saturated heterocycles. The Labute approximate surface area is 101 Å². The summed E-state index contributed by atoms with van der Waals surface area (Å²) in [5.74, 6) is 0.416. The molecule has 1 rings (SSSR count). The van der Waals surface area contributed by atoms with Crippen LogP contribution in [0, 0.1) is 5.41 Å². The first kappa shape index (κ1) is 13.6. The molecule has 17 heavy (non-hydrogen) atoms. The van der Waals surface area contributed by atoms with Gasteiger partial charge in [0.15, 0.2) is 5.82 Å². The van der Waals surface area contributed by atoms with E-state index in [-0.39, 0.29) is 11.9 Å². The van der Waals surface area contributed by atoms with Crippen molar-refractivity contribution in [1.29, 1.82) is 0 Å². The lowest BCUT2D eigenvalue weighted by molar-refractivity contribution is -0.131. The fraction of sp³-hybridized carbons (Fsp3) is 0.800. The van der Waals surface area contributed by atoms with E-state index < -0.39 is 5.41 Å². The molecule has 1 aromatic heterocycles. The second kappa shape index (κ2) is 5.72. The van der Waals surface area contributed by atoms with E-state index in [9.17, 15) is 4.79 Å². The van der Waals surface area contributed by atoms with Crippen molar-refractivity contribution >= 4 is 5.91 Å². The number of aromatic nitrogens is 4. The lowest BCUT2D eigenvalue weighted by atomic mass is 9.81. The van der Waals surface area contributed by atoms with Crippen molar-refractivity contribution in [3.05, 3.63) is 5.82 Å². The summed E-state index contributed by atoms with van der Waals surface area (Å²) in [5.41, 5.74) is 5.21. The van der Waals surface area contributed by atoms with Crippen LogP contribution in [0.5, 0.6) is 0 Å². The van der Waals surface area contributed by atoms with Gasteiger partial charge in [-0.2, -0.15) is 5.21 Å². The van der Waals surface area contributed by atoms with Crippen LogP contribution in [0.2, 0.25) is 0 Å². The normalized spacial score (nSPS) is 13.4. The van der Waals surface area contributed by atoms with Gasteiger partial charge < -0.3 is 11.1 Å². The first-order valence-corrected chi connectivity index (χ1v) is 5.84. The summed E-state index contributed by atoms with van der Waals surface area (Å²) in [7, 11) is 0. The van der Waals surface area contributed by atoms with E-state index >= 15 is 0 Å². The van der Waals surface area contributed by atoms with E-state index in [2.05, 4.69) is 25.9 Å². The summed E-state index contributed by atoms with van der Waals surface area (Å²) in [5, 5.41) is 16.4. The molecule has 0 aliphatic rings. The number of aromatic amines is 1. The maximum atomic E-state index is 12.2. The summed E-state index contributed by atoms with van der Waals surface area (Å²) in [4.78, 5) is 12.2. The number of tetrazole rings is 1. The van der Waals surface area contributed by atoms with Crippen LogP contribution in [0.4, 0.5) is 0 Å². The molecule has 0 aliphatic carbocycles. The standard InChI is InChI=1S/C10H20N6O/c1-4-10(5-2,6-11)9(17)12-7(3)8-13-15-16-14-8/h7H,4-6,11H2,1-3H3,(H,12,17)(H,13,14,15,16). The Kier molecular flexibility index (Phi) is 4.56. The van der Waals surface area contributed by atoms with E-state index in [0.717, 1.165) is 0 Å². The van der Waals surface area contributed by atoms with Gasteiger partial charge in [0.05, 0.1) is 11.5 Å². The molecule has 0 radical (unpaired) electrons. The molecule has 1 amide bonds. The van der Waals surface area contributed by atoms with Crippen LogP contribution in [0.1, 0.15) is 45.5 Å². The van der Waals surface area contributed by atoms with E-state index in [1.165, 1.54) is 0 Å². The fourth-order valence-corrected chi connectivity index (χ4v) is 1.72. The fourth-order valence-electron chi connectivity index (χ4n) is 1.72. The van der Waals surface area contributed by atoms with Crippen molar-refractivity contribution in [1.82, 2.24) is 25.9 Å². The highest BCUT2D eigenvalue weighted by molar-refractivity contribution is 5.83. The van der Waals surface area contributed by atoms with Gasteiger partial charge in [0, 0.05) is 6.54 Å². The second-order valence-corrected chi connectivity index (χ2v) is 4.16. The maximum Gasteiger partial charge on any atom is 0.228 e. The molecule has 0 spiro atoms. The number of nitrogens with one attached hydrogen (secondary N) is 2. The number of carbonyl (C=O) groups is 1. The molecule has 1 heterocycles. The highest BCUT2D eigenvalue weighted by atomic mass is 16.2. The maximum absolute atomic E-state index is 12.2. The molecule has 0 bridgehead atoms. The van der Waals surface area contributed by atoms with Crippen LogP contribution in [-0.2, 0) is 4.79 Å². The molecule has 1 aromatic rings. The van der Waals surface area contributed by atoms with E-state index in [4.69, 9.17) is 5.73 Å². The molecule has 96 valence electrons. The van der Waals surface area contributed by atoms with Gasteiger partial charge in [-0.3, -0.25) is 4.79 Å². The zero-order valence-corrected chi connectivity index (χ0v) is 10.5. The molecule has 1 atom stereocenters. The minimum Gasteiger partial charge on any atom is -0.346 e. The van der Waals surface area contributed by atoms with Gasteiger partial charge in [-0.15, -0.1) is 10.2 Å². The van der Waals surface area contributed by atoms with Crippen LogP contribution in [0.25, 0.3) is 0 Å². The van der Waals surface area contributed by atoms with Crippen LogP contribution in [0.3, 0.4) is 0 Å². The molecule has 4 N–H and O–H groups in total. The predicted molar refractivity (Wildman–Crippen MR) is 62.8 cm³/mol. The number of hydrogen-bond acceptors (Lipinski definition) is 5. The number of nitrogens with zero attached hydrogens (tertiary/aromatic N) is 3. The summed E-state index contributed by atoms with van der Waals surface area (Å²) in [6.45, 7) is 6.09. The van der Waals surface area contributed by atoms with Crippen LogP contribution >= 0.6 is 0 Å². The van der Waals surface area contributed by atoms with Crippen molar-refractivity contribution in [2.24, 2.45) is 11.1 Å². The van der Waals surface area contributed by atoms with Crippen molar-refractivity contribution in [2.75, 3.05) is 6.54 Å². The number of amides is 1. The van der Waals surface area contributed by atoms with Crippen LogP contribution in [0.15, 0.2) is 0 Å². The predicted octanol–water partition coefficient (Wildman–Crippen LogP) is 0.142. The summed E-state index contributed by atoms with van der Waals surface area (Å²) in [6.07, 6.45) is 1.43. The van der Waals surface area contributed by atoms with Crippen LogP contribution < -0.4 is 11.1 Å². The molecular weight excluding hydrogens is 220 g/mol. The Morgan fingerprint density at radius 3 is 2.59 bits per heavy atom. The van der Waals surface area contributed by atoms with Crippen molar-refractivity contribution in [3.63, 3.8) is 0 Å². The molecule has 7 heteroatoms. The summed E-state index contributed by atoms with van der Waals surface area (Å²) in [6, 6.07) is -0.273. The Hall–Kier alpha value is -1.50. The highest BCUT2D eigenvalue weighted by Crippen LogP contribution is 2.26. The Morgan fingerprint density at radius 2 is 2.18 bits per heavy atom. The van der Waals surface area contributed by atoms with Crippen molar-refractivity contribution in [3.8, 4) is 0 Å². The van der Waals surface area contributed by atoms with Crippen LogP contribution in [-0.4, -0.2) is 33.1 Å². The lowest BCUT2D eigenvalue weighted by Gasteiger charge is -2.29. The Bertz CT molecular complexity index is 337. The monoisotopic (exact) mass is 240 g/mol. The van der Waals surface area contributed by atoms with E-state index in [1.807, 2.05) is 20.8 Å².